The SMILES string of the molecule is CCNC(=NCc1cccc(-c2ncn[nH]2)c1)NCC(CO)c1ccccc1.I. The average molecular weight is 506 g/mol. The lowest BCUT2D eigenvalue weighted by Gasteiger charge is -2.18. The number of guanidine groups is 1. The van der Waals surface area contributed by atoms with Gasteiger partial charge in [-0.25, -0.2) is 9.98 Å². The molecule has 1 aromatic heterocycles. The number of hydrogen-bond acceptors (Lipinski definition) is 4. The number of aromatic amines is 1. The molecule has 0 saturated carbocycles. The molecule has 0 aliphatic rings. The molecule has 2 aromatic carbocycles. The number of aromatic nitrogens is 3. The van der Waals surface area contributed by atoms with Crippen molar-refractivity contribution in [2.75, 3.05) is 19.7 Å². The molecule has 3 aromatic rings. The Hall–Kier alpha value is -2.46. The summed E-state index contributed by atoms with van der Waals surface area (Å²) in [4.78, 5) is 8.86. The third-order valence-corrected chi connectivity index (χ3v) is 4.39. The van der Waals surface area contributed by atoms with Gasteiger partial charge in [0.2, 0.25) is 0 Å². The highest BCUT2D eigenvalue weighted by Crippen LogP contribution is 2.16. The van der Waals surface area contributed by atoms with E-state index in [2.05, 4.69) is 30.8 Å². The summed E-state index contributed by atoms with van der Waals surface area (Å²) in [6.45, 7) is 4.01. The third-order valence-electron chi connectivity index (χ3n) is 4.39. The number of aliphatic imine (C=N–C) groups is 1. The summed E-state index contributed by atoms with van der Waals surface area (Å²) in [5.41, 5.74) is 3.16. The van der Waals surface area contributed by atoms with E-state index in [4.69, 9.17) is 0 Å². The summed E-state index contributed by atoms with van der Waals surface area (Å²) >= 11 is 0. The number of H-pyrrole nitrogens is 1. The molecule has 0 amide bonds. The first-order chi connectivity index (χ1) is 13.8. The van der Waals surface area contributed by atoms with Crippen LogP contribution in [0.15, 0.2) is 65.9 Å². The number of nitrogens with zero attached hydrogens (tertiary/aromatic N) is 3. The number of aliphatic hydroxyl groups is 1. The van der Waals surface area contributed by atoms with Crippen LogP contribution in [0.2, 0.25) is 0 Å². The van der Waals surface area contributed by atoms with Crippen molar-refractivity contribution in [2.45, 2.75) is 19.4 Å². The van der Waals surface area contributed by atoms with Gasteiger partial charge >= 0.3 is 0 Å². The second-order valence-electron chi connectivity index (χ2n) is 6.40. The molecular formula is C21H27IN6O. The van der Waals surface area contributed by atoms with Gasteiger partial charge in [-0.15, -0.1) is 24.0 Å². The minimum Gasteiger partial charge on any atom is -0.396 e. The Morgan fingerprint density at radius 1 is 1.14 bits per heavy atom. The quantitative estimate of drug-likeness (QED) is 0.214. The van der Waals surface area contributed by atoms with E-state index in [9.17, 15) is 5.11 Å². The number of nitrogens with one attached hydrogen (secondary N) is 3. The topological polar surface area (TPSA) is 98.2 Å². The maximum atomic E-state index is 9.74. The van der Waals surface area contributed by atoms with Gasteiger partial charge in [-0.2, -0.15) is 5.10 Å². The normalized spacial score (nSPS) is 12.1. The van der Waals surface area contributed by atoms with E-state index >= 15 is 0 Å². The van der Waals surface area contributed by atoms with Crippen molar-refractivity contribution in [3.8, 4) is 11.4 Å². The van der Waals surface area contributed by atoms with Crippen molar-refractivity contribution >= 4 is 29.9 Å². The van der Waals surface area contributed by atoms with Crippen LogP contribution in [0.4, 0.5) is 0 Å². The van der Waals surface area contributed by atoms with Gasteiger partial charge in [0.25, 0.3) is 0 Å². The highest BCUT2D eigenvalue weighted by Gasteiger charge is 2.11. The molecule has 8 heteroatoms. The second kappa shape index (κ2) is 12.2. The van der Waals surface area contributed by atoms with Crippen molar-refractivity contribution in [3.63, 3.8) is 0 Å². The van der Waals surface area contributed by atoms with Crippen molar-refractivity contribution in [3.05, 3.63) is 72.1 Å². The molecule has 154 valence electrons. The molecule has 0 radical (unpaired) electrons. The van der Waals surface area contributed by atoms with Crippen molar-refractivity contribution in [1.29, 1.82) is 0 Å². The van der Waals surface area contributed by atoms with Gasteiger partial charge in [0, 0.05) is 24.6 Å². The number of rotatable bonds is 8. The summed E-state index contributed by atoms with van der Waals surface area (Å²) in [7, 11) is 0. The molecule has 0 aliphatic heterocycles. The minimum absolute atomic E-state index is 0. The molecule has 0 spiro atoms. The first-order valence-electron chi connectivity index (χ1n) is 9.42. The Morgan fingerprint density at radius 3 is 2.66 bits per heavy atom. The molecule has 29 heavy (non-hydrogen) atoms. The smallest absolute Gasteiger partial charge is 0.191 e. The largest absolute Gasteiger partial charge is 0.396 e. The Balaban J connectivity index is 0.00000300. The predicted octanol–water partition coefficient (Wildman–Crippen LogP) is 2.92. The van der Waals surface area contributed by atoms with E-state index in [1.165, 1.54) is 6.33 Å². The summed E-state index contributed by atoms with van der Waals surface area (Å²) in [5, 5.41) is 23.1. The van der Waals surface area contributed by atoms with Gasteiger partial charge in [-0.05, 0) is 24.1 Å². The maximum absolute atomic E-state index is 9.74. The zero-order valence-electron chi connectivity index (χ0n) is 16.4. The fraction of sp³-hybridized carbons (Fsp3) is 0.286. The fourth-order valence-electron chi connectivity index (χ4n) is 2.91. The van der Waals surface area contributed by atoms with E-state index in [1.54, 1.807) is 0 Å². The molecular weight excluding hydrogens is 479 g/mol. The van der Waals surface area contributed by atoms with Gasteiger partial charge in [0.05, 0.1) is 13.2 Å². The van der Waals surface area contributed by atoms with Crippen LogP contribution in [0.1, 0.15) is 24.0 Å². The van der Waals surface area contributed by atoms with E-state index in [1.807, 2.05) is 61.5 Å². The van der Waals surface area contributed by atoms with Crippen LogP contribution in [-0.4, -0.2) is 45.9 Å². The first-order valence-corrected chi connectivity index (χ1v) is 9.42. The molecule has 1 heterocycles. The molecule has 0 saturated heterocycles. The van der Waals surface area contributed by atoms with Crippen LogP contribution < -0.4 is 10.6 Å². The Morgan fingerprint density at radius 2 is 1.97 bits per heavy atom. The summed E-state index contributed by atoms with van der Waals surface area (Å²) in [6.07, 6.45) is 1.50. The van der Waals surface area contributed by atoms with Crippen LogP contribution in [0, 0.1) is 0 Å². The van der Waals surface area contributed by atoms with Crippen LogP contribution >= 0.6 is 24.0 Å². The molecule has 7 nitrogen and oxygen atoms in total. The van der Waals surface area contributed by atoms with Gasteiger partial charge in [0.1, 0.15) is 6.33 Å². The zero-order chi connectivity index (χ0) is 19.6. The maximum Gasteiger partial charge on any atom is 0.191 e. The lowest BCUT2D eigenvalue weighted by atomic mass is 10.0. The highest BCUT2D eigenvalue weighted by atomic mass is 127. The first kappa shape index (κ1) is 22.8. The Kier molecular flexibility index (Phi) is 9.58. The van der Waals surface area contributed by atoms with Crippen LogP contribution in [-0.2, 0) is 6.54 Å². The van der Waals surface area contributed by atoms with E-state index in [0.29, 0.717) is 13.1 Å². The standard InChI is InChI=1S/C21H26N6O.HI/c1-2-22-21(24-13-19(14-28)17-8-4-3-5-9-17)23-12-16-7-6-10-18(11-16)20-25-15-26-27-20;/h3-11,15,19,28H,2,12-14H2,1H3,(H2,22,23,24)(H,25,26,27);1H. The summed E-state index contributed by atoms with van der Waals surface area (Å²) in [6, 6.07) is 18.1. The van der Waals surface area contributed by atoms with Crippen molar-refractivity contribution in [2.24, 2.45) is 4.99 Å². The molecule has 3 rings (SSSR count). The number of aliphatic hydroxyl groups excluding tert-OH is 1. The van der Waals surface area contributed by atoms with Crippen LogP contribution in [0.25, 0.3) is 11.4 Å². The summed E-state index contributed by atoms with van der Waals surface area (Å²) < 4.78 is 0. The highest BCUT2D eigenvalue weighted by molar-refractivity contribution is 14.0. The molecule has 1 unspecified atom stereocenters. The minimum atomic E-state index is 0. The van der Waals surface area contributed by atoms with Crippen LogP contribution in [0.3, 0.4) is 0 Å². The fourth-order valence-corrected chi connectivity index (χ4v) is 2.91. The molecule has 1 atom stereocenters. The van der Waals surface area contributed by atoms with Gasteiger partial charge in [-0.3, -0.25) is 5.10 Å². The Bertz CT molecular complexity index is 870. The number of halogens is 1. The lowest BCUT2D eigenvalue weighted by Crippen LogP contribution is -2.39. The number of benzene rings is 2. The van der Waals surface area contributed by atoms with Gasteiger partial charge in [0.15, 0.2) is 11.8 Å². The van der Waals surface area contributed by atoms with Gasteiger partial charge in [-0.1, -0.05) is 48.5 Å². The predicted molar refractivity (Wildman–Crippen MR) is 126 cm³/mol. The Labute approximate surface area is 188 Å². The molecule has 4 N–H and O–H groups in total. The molecule has 0 fully saturated rings. The van der Waals surface area contributed by atoms with E-state index in [-0.39, 0.29) is 36.5 Å². The van der Waals surface area contributed by atoms with Gasteiger partial charge < -0.3 is 15.7 Å². The number of hydrogen-bond donors (Lipinski definition) is 4. The zero-order valence-corrected chi connectivity index (χ0v) is 18.7. The van der Waals surface area contributed by atoms with Crippen molar-refractivity contribution < 1.29 is 5.11 Å². The third kappa shape index (κ3) is 6.82. The van der Waals surface area contributed by atoms with E-state index in [0.717, 1.165) is 35.0 Å². The summed E-state index contributed by atoms with van der Waals surface area (Å²) in [5.74, 6) is 1.48. The molecule has 0 aliphatic carbocycles. The average Bonchev–Trinajstić information content (AvgIpc) is 3.28. The second-order valence-corrected chi connectivity index (χ2v) is 6.40. The van der Waals surface area contributed by atoms with E-state index < -0.39 is 0 Å². The van der Waals surface area contributed by atoms with Crippen LogP contribution in [0.5, 0.6) is 0 Å². The monoisotopic (exact) mass is 506 g/mol. The lowest BCUT2D eigenvalue weighted by molar-refractivity contribution is 0.265. The van der Waals surface area contributed by atoms with Crippen molar-refractivity contribution in [1.82, 2.24) is 25.8 Å². The molecule has 0 bridgehead atoms.